The maximum Gasteiger partial charge on any atom is 0.109 e. The van der Waals surface area contributed by atoms with Crippen molar-refractivity contribution in [3.05, 3.63) is 0 Å². The van der Waals surface area contributed by atoms with Crippen molar-refractivity contribution < 1.29 is 9.48 Å². The topological polar surface area (TPSA) is 9.23 Å². The van der Waals surface area contributed by atoms with Crippen LogP contribution in [-0.2, 0) is 4.84 Å². The summed E-state index contributed by atoms with van der Waals surface area (Å²) in [6, 6.07) is 0. The number of piperidine rings is 1. The van der Waals surface area contributed by atoms with E-state index in [1.165, 1.54) is 32.4 Å². The van der Waals surface area contributed by atoms with Gasteiger partial charge in [-0.2, -0.15) is 4.65 Å². The largest absolute Gasteiger partial charge is 0.206 e. The first kappa shape index (κ1) is 8.02. The van der Waals surface area contributed by atoms with Gasteiger partial charge in [-0.15, -0.1) is 0 Å². The van der Waals surface area contributed by atoms with Crippen LogP contribution in [0.2, 0.25) is 0 Å². The molecular formula is C8H18NO+. The second-order valence-corrected chi connectivity index (χ2v) is 3.06. The Kier molecular flexibility index (Phi) is 2.69. The van der Waals surface area contributed by atoms with Crippen LogP contribution < -0.4 is 0 Å². The zero-order valence-electron chi connectivity index (χ0n) is 7.10. The molecule has 1 aliphatic heterocycles. The third kappa shape index (κ3) is 1.50. The molecular weight excluding hydrogens is 126 g/mol. The lowest BCUT2D eigenvalue weighted by molar-refractivity contribution is -1.10. The van der Waals surface area contributed by atoms with Crippen LogP contribution in [0.5, 0.6) is 0 Å². The number of quaternary nitrogens is 1. The summed E-state index contributed by atoms with van der Waals surface area (Å²) in [6.45, 7) is 5.76. The molecule has 0 N–H and O–H groups in total. The van der Waals surface area contributed by atoms with Crippen LogP contribution in [0.1, 0.15) is 26.2 Å². The average Bonchev–Trinajstić information content (AvgIpc) is 2.06. The minimum atomic E-state index is 0.889. The van der Waals surface area contributed by atoms with E-state index in [4.69, 9.17) is 4.84 Å². The van der Waals surface area contributed by atoms with Gasteiger partial charge in [-0.25, -0.2) is 4.84 Å². The summed E-state index contributed by atoms with van der Waals surface area (Å²) in [5, 5.41) is 0. The number of nitrogens with zero attached hydrogens (tertiary/aromatic N) is 1. The molecule has 2 nitrogen and oxygen atoms in total. The summed E-state index contributed by atoms with van der Waals surface area (Å²) in [5.41, 5.74) is 0. The Labute approximate surface area is 63.3 Å². The summed E-state index contributed by atoms with van der Waals surface area (Å²) < 4.78 is 0.889. The molecule has 0 amide bonds. The molecule has 0 saturated carbocycles. The molecule has 1 aliphatic rings. The summed E-state index contributed by atoms with van der Waals surface area (Å²) in [7, 11) is 1.83. The van der Waals surface area contributed by atoms with Gasteiger partial charge in [0.1, 0.15) is 19.6 Å². The molecule has 60 valence electrons. The lowest BCUT2D eigenvalue weighted by atomic mass is 10.1. The van der Waals surface area contributed by atoms with Gasteiger partial charge < -0.3 is 0 Å². The van der Waals surface area contributed by atoms with Crippen molar-refractivity contribution in [2.45, 2.75) is 26.2 Å². The number of hydrogen-bond donors (Lipinski definition) is 0. The lowest BCUT2D eigenvalue weighted by Crippen LogP contribution is -2.50. The van der Waals surface area contributed by atoms with E-state index < -0.39 is 0 Å². The van der Waals surface area contributed by atoms with Crippen LogP contribution in [0.25, 0.3) is 0 Å². The first-order valence-electron chi connectivity index (χ1n) is 4.25. The summed E-state index contributed by atoms with van der Waals surface area (Å²) in [5.74, 6) is 0. The van der Waals surface area contributed by atoms with Crippen LogP contribution in [0, 0.1) is 0 Å². The molecule has 0 atom stereocenters. The smallest absolute Gasteiger partial charge is 0.109 e. The highest BCUT2D eigenvalue weighted by Gasteiger charge is 2.28. The third-order valence-corrected chi connectivity index (χ3v) is 2.59. The van der Waals surface area contributed by atoms with E-state index in [1.807, 2.05) is 7.11 Å². The molecule has 0 aromatic carbocycles. The van der Waals surface area contributed by atoms with Gasteiger partial charge in [0, 0.05) is 0 Å². The summed E-state index contributed by atoms with van der Waals surface area (Å²) >= 11 is 0. The van der Waals surface area contributed by atoms with Crippen LogP contribution in [0.3, 0.4) is 0 Å². The van der Waals surface area contributed by atoms with Gasteiger partial charge in [0.05, 0.1) is 7.11 Å². The van der Waals surface area contributed by atoms with Gasteiger partial charge in [-0.05, 0) is 26.2 Å². The van der Waals surface area contributed by atoms with Crippen LogP contribution in [0.15, 0.2) is 0 Å². The van der Waals surface area contributed by atoms with E-state index >= 15 is 0 Å². The molecule has 0 aromatic heterocycles. The maximum absolute atomic E-state index is 5.47. The summed E-state index contributed by atoms with van der Waals surface area (Å²) in [6.07, 6.45) is 4.06. The van der Waals surface area contributed by atoms with E-state index in [9.17, 15) is 0 Å². The second-order valence-electron chi connectivity index (χ2n) is 3.06. The number of likely N-dealkylation sites (tertiary alicyclic amines) is 1. The molecule has 0 aliphatic carbocycles. The lowest BCUT2D eigenvalue weighted by Gasteiger charge is -2.36. The Bertz CT molecular complexity index is 91.4. The second kappa shape index (κ2) is 3.35. The Balaban J connectivity index is 2.44. The van der Waals surface area contributed by atoms with Crippen molar-refractivity contribution in [2.75, 3.05) is 26.7 Å². The molecule has 0 aromatic rings. The Morgan fingerprint density at radius 1 is 1.20 bits per heavy atom. The molecule has 10 heavy (non-hydrogen) atoms. The molecule has 0 radical (unpaired) electrons. The van der Waals surface area contributed by atoms with Crippen LogP contribution in [0.4, 0.5) is 0 Å². The molecule has 0 bridgehead atoms. The fourth-order valence-electron chi connectivity index (χ4n) is 1.72. The third-order valence-electron chi connectivity index (χ3n) is 2.59. The van der Waals surface area contributed by atoms with Gasteiger partial charge in [-0.3, -0.25) is 0 Å². The van der Waals surface area contributed by atoms with Gasteiger partial charge in [-0.1, -0.05) is 0 Å². The Morgan fingerprint density at radius 3 is 2.10 bits per heavy atom. The zero-order valence-corrected chi connectivity index (χ0v) is 7.10. The van der Waals surface area contributed by atoms with Crippen LogP contribution in [-0.4, -0.2) is 31.4 Å². The average molecular weight is 144 g/mol. The van der Waals surface area contributed by atoms with E-state index in [-0.39, 0.29) is 0 Å². The molecule has 0 spiro atoms. The van der Waals surface area contributed by atoms with Crippen molar-refractivity contribution in [3.63, 3.8) is 0 Å². The summed E-state index contributed by atoms with van der Waals surface area (Å²) in [4.78, 5) is 5.47. The van der Waals surface area contributed by atoms with Crippen LogP contribution >= 0.6 is 0 Å². The van der Waals surface area contributed by atoms with Crippen molar-refractivity contribution >= 4 is 0 Å². The van der Waals surface area contributed by atoms with Gasteiger partial charge in [0.25, 0.3) is 0 Å². The molecule has 1 heterocycles. The number of rotatable bonds is 2. The van der Waals surface area contributed by atoms with E-state index in [1.54, 1.807) is 0 Å². The van der Waals surface area contributed by atoms with Crippen molar-refractivity contribution in [3.8, 4) is 0 Å². The van der Waals surface area contributed by atoms with Gasteiger partial charge >= 0.3 is 0 Å². The van der Waals surface area contributed by atoms with Crippen molar-refractivity contribution in [1.82, 2.24) is 0 Å². The highest BCUT2D eigenvalue weighted by Crippen LogP contribution is 2.17. The Morgan fingerprint density at radius 2 is 1.80 bits per heavy atom. The van der Waals surface area contributed by atoms with Gasteiger partial charge in [0.15, 0.2) is 0 Å². The highest BCUT2D eigenvalue weighted by molar-refractivity contribution is 4.47. The van der Waals surface area contributed by atoms with Crippen molar-refractivity contribution in [1.29, 1.82) is 0 Å². The first-order valence-corrected chi connectivity index (χ1v) is 4.25. The highest BCUT2D eigenvalue weighted by atomic mass is 16.7. The molecule has 2 heteroatoms. The monoisotopic (exact) mass is 144 g/mol. The van der Waals surface area contributed by atoms with Crippen molar-refractivity contribution in [2.24, 2.45) is 0 Å². The minimum absolute atomic E-state index is 0.889. The number of hydroxylamine groups is 3. The predicted molar refractivity (Wildman–Crippen MR) is 41.4 cm³/mol. The first-order chi connectivity index (χ1) is 4.83. The minimum Gasteiger partial charge on any atom is -0.206 e. The molecule has 0 unspecified atom stereocenters. The Hall–Kier alpha value is -0.0800. The fraction of sp³-hybridized carbons (Fsp3) is 1.00. The molecule has 1 saturated heterocycles. The maximum atomic E-state index is 5.47. The SMILES string of the molecule is CC[N+]1(OC)CCCCC1. The van der Waals surface area contributed by atoms with E-state index in [0.29, 0.717) is 0 Å². The molecule has 1 rings (SSSR count). The van der Waals surface area contributed by atoms with E-state index in [0.717, 1.165) is 11.2 Å². The molecule has 1 fully saturated rings. The predicted octanol–water partition coefficient (Wildman–Crippen LogP) is 1.57. The fourth-order valence-corrected chi connectivity index (χ4v) is 1.72. The van der Waals surface area contributed by atoms with Gasteiger partial charge in [0.2, 0.25) is 0 Å². The quantitative estimate of drug-likeness (QED) is 0.534. The normalized spacial score (nSPS) is 24.6. The zero-order chi connectivity index (χ0) is 7.45. The van der Waals surface area contributed by atoms with E-state index in [2.05, 4.69) is 6.92 Å². The number of hydrogen-bond acceptors (Lipinski definition) is 1. The standard InChI is InChI=1S/C8H18NO/c1-3-9(10-2)7-5-4-6-8-9/h3-8H2,1-2H3/q+1.